The Morgan fingerprint density at radius 1 is 1.09 bits per heavy atom. The summed E-state index contributed by atoms with van der Waals surface area (Å²) in [5.74, 6) is -0.123. The van der Waals surface area contributed by atoms with Crippen LogP contribution in [0.25, 0.3) is 0 Å². The predicted octanol–water partition coefficient (Wildman–Crippen LogP) is 3.77. The minimum atomic E-state index is -0.251. The third-order valence-electron chi connectivity index (χ3n) is 4.13. The largest absolute Gasteiger partial charge is 0.311 e. The molecule has 4 heteroatoms. The molecule has 0 radical (unpaired) electrons. The molecule has 1 aliphatic rings. The predicted molar refractivity (Wildman–Crippen MR) is 87.1 cm³/mol. The third-order valence-corrected chi connectivity index (χ3v) is 4.13. The molecule has 0 saturated carbocycles. The van der Waals surface area contributed by atoms with Crippen LogP contribution in [0.15, 0.2) is 48.5 Å². The number of para-hydroxylation sites is 1. The topological polar surface area (TPSA) is 37.4 Å². The molecule has 2 aromatic rings. The van der Waals surface area contributed by atoms with Crippen LogP contribution in [0.2, 0.25) is 0 Å². The van der Waals surface area contributed by atoms with Gasteiger partial charge in [0.1, 0.15) is 5.82 Å². The summed E-state index contributed by atoms with van der Waals surface area (Å²) in [5, 5.41) is 0. The minimum Gasteiger partial charge on any atom is -0.311 e. The molecular formula is C19H18FNO2. The molecule has 23 heavy (non-hydrogen) atoms. The maximum absolute atomic E-state index is 12.9. The summed E-state index contributed by atoms with van der Waals surface area (Å²) in [4.78, 5) is 26.1. The number of ketones is 1. The zero-order valence-corrected chi connectivity index (χ0v) is 12.8. The highest BCUT2D eigenvalue weighted by Gasteiger charge is 2.26. The third kappa shape index (κ3) is 3.47. The molecule has 3 nitrogen and oxygen atoms in total. The molecule has 3 rings (SSSR count). The van der Waals surface area contributed by atoms with Crippen molar-refractivity contribution in [3.63, 3.8) is 0 Å². The number of aryl methyl sites for hydroxylation is 1. The van der Waals surface area contributed by atoms with Gasteiger partial charge in [0.05, 0.1) is 5.69 Å². The molecule has 0 bridgehead atoms. The van der Waals surface area contributed by atoms with Gasteiger partial charge < -0.3 is 4.90 Å². The van der Waals surface area contributed by atoms with Crippen molar-refractivity contribution in [3.8, 4) is 0 Å². The SMILES string of the molecule is O=C1CCN(C(=O)CCCc2ccc(F)cc2)c2ccccc21. The molecule has 1 aliphatic heterocycles. The Bertz CT molecular complexity index is 724. The highest BCUT2D eigenvalue weighted by Crippen LogP contribution is 2.27. The number of amides is 1. The van der Waals surface area contributed by atoms with Gasteiger partial charge in [0.25, 0.3) is 0 Å². The number of carbonyl (C=O) groups excluding carboxylic acids is 2. The van der Waals surface area contributed by atoms with Gasteiger partial charge >= 0.3 is 0 Å². The van der Waals surface area contributed by atoms with E-state index in [1.807, 2.05) is 18.2 Å². The van der Waals surface area contributed by atoms with E-state index in [1.54, 1.807) is 23.1 Å². The zero-order chi connectivity index (χ0) is 16.2. The highest BCUT2D eigenvalue weighted by molar-refractivity contribution is 6.08. The molecule has 0 unspecified atom stereocenters. The maximum atomic E-state index is 12.9. The van der Waals surface area contributed by atoms with Crippen LogP contribution in [0.1, 0.15) is 35.2 Å². The van der Waals surface area contributed by atoms with E-state index in [4.69, 9.17) is 0 Å². The van der Waals surface area contributed by atoms with Gasteiger partial charge in [0.2, 0.25) is 5.91 Å². The van der Waals surface area contributed by atoms with Crippen molar-refractivity contribution in [2.45, 2.75) is 25.7 Å². The quantitative estimate of drug-likeness (QED) is 0.862. The first-order valence-electron chi connectivity index (χ1n) is 7.82. The molecule has 1 amide bonds. The fourth-order valence-electron chi connectivity index (χ4n) is 2.90. The molecule has 0 saturated heterocycles. The number of rotatable bonds is 4. The van der Waals surface area contributed by atoms with Crippen LogP contribution >= 0.6 is 0 Å². The normalized spacial score (nSPS) is 13.8. The molecule has 0 fully saturated rings. The van der Waals surface area contributed by atoms with Crippen LogP contribution in [-0.2, 0) is 11.2 Å². The van der Waals surface area contributed by atoms with E-state index in [1.165, 1.54) is 12.1 Å². The molecule has 0 atom stereocenters. The van der Waals surface area contributed by atoms with Crippen molar-refractivity contribution in [2.75, 3.05) is 11.4 Å². The van der Waals surface area contributed by atoms with Crippen molar-refractivity contribution in [1.82, 2.24) is 0 Å². The lowest BCUT2D eigenvalue weighted by Gasteiger charge is -2.28. The van der Waals surface area contributed by atoms with Gasteiger partial charge in [0.15, 0.2) is 5.78 Å². The van der Waals surface area contributed by atoms with Crippen molar-refractivity contribution in [1.29, 1.82) is 0 Å². The van der Waals surface area contributed by atoms with E-state index in [0.29, 0.717) is 31.4 Å². The molecule has 2 aromatic carbocycles. The average Bonchev–Trinajstić information content (AvgIpc) is 2.57. The minimum absolute atomic E-state index is 0.0343. The lowest BCUT2D eigenvalue weighted by molar-refractivity contribution is -0.118. The Morgan fingerprint density at radius 2 is 1.83 bits per heavy atom. The molecule has 0 N–H and O–H groups in total. The lowest BCUT2D eigenvalue weighted by Crippen LogP contribution is -2.37. The number of nitrogens with zero attached hydrogens (tertiary/aromatic N) is 1. The number of hydrogen-bond acceptors (Lipinski definition) is 2. The second-order valence-corrected chi connectivity index (χ2v) is 5.72. The molecule has 0 spiro atoms. The monoisotopic (exact) mass is 311 g/mol. The first kappa shape index (κ1) is 15.4. The molecule has 118 valence electrons. The first-order valence-corrected chi connectivity index (χ1v) is 7.82. The van der Waals surface area contributed by atoms with Crippen molar-refractivity contribution in [2.24, 2.45) is 0 Å². The van der Waals surface area contributed by atoms with Gasteiger partial charge in [-0.3, -0.25) is 9.59 Å². The molecule has 1 heterocycles. The van der Waals surface area contributed by atoms with Crippen LogP contribution in [0.3, 0.4) is 0 Å². The summed E-state index contributed by atoms with van der Waals surface area (Å²) in [6.07, 6.45) is 2.23. The Morgan fingerprint density at radius 3 is 2.61 bits per heavy atom. The number of anilines is 1. The average molecular weight is 311 g/mol. The first-order chi connectivity index (χ1) is 11.1. The van der Waals surface area contributed by atoms with Crippen LogP contribution in [-0.4, -0.2) is 18.2 Å². The number of halogens is 1. The van der Waals surface area contributed by atoms with Crippen LogP contribution in [0.5, 0.6) is 0 Å². The van der Waals surface area contributed by atoms with Gasteiger partial charge in [-0.2, -0.15) is 0 Å². The summed E-state index contributed by atoms with van der Waals surface area (Å²) in [6, 6.07) is 13.6. The standard InChI is InChI=1S/C19H18FNO2/c20-15-10-8-14(9-11-15)4-3-7-19(23)21-13-12-18(22)16-5-1-2-6-17(16)21/h1-2,5-6,8-11H,3-4,7,12-13H2. The number of benzene rings is 2. The lowest BCUT2D eigenvalue weighted by atomic mass is 9.99. The molecular weight excluding hydrogens is 293 g/mol. The summed E-state index contributed by atoms with van der Waals surface area (Å²) in [6.45, 7) is 0.450. The second kappa shape index (κ2) is 6.73. The summed E-state index contributed by atoms with van der Waals surface area (Å²) in [5.41, 5.74) is 2.37. The number of fused-ring (bicyclic) bond motifs is 1. The molecule has 0 aromatic heterocycles. The van der Waals surface area contributed by atoms with Gasteiger partial charge in [-0.25, -0.2) is 4.39 Å². The fourth-order valence-corrected chi connectivity index (χ4v) is 2.90. The summed E-state index contributed by atoms with van der Waals surface area (Å²) < 4.78 is 12.9. The summed E-state index contributed by atoms with van der Waals surface area (Å²) >= 11 is 0. The van der Waals surface area contributed by atoms with Crippen molar-refractivity contribution < 1.29 is 14.0 Å². The fraction of sp³-hybridized carbons (Fsp3) is 0.263. The smallest absolute Gasteiger partial charge is 0.227 e. The summed E-state index contributed by atoms with van der Waals surface area (Å²) in [7, 11) is 0. The number of Topliss-reactive ketones (excluding diaryl/α,β-unsaturated/α-hetero) is 1. The van der Waals surface area contributed by atoms with Gasteiger partial charge in [-0.15, -0.1) is 0 Å². The maximum Gasteiger partial charge on any atom is 0.227 e. The van der Waals surface area contributed by atoms with E-state index in [-0.39, 0.29) is 17.5 Å². The second-order valence-electron chi connectivity index (χ2n) is 5.72. The van der Waals surface area contributed by atoms with Crippen LogP contribution in [0.4, 0.5) is 10.1 Å². The van der Waals surface area contributed by atoms with Gasteiger partial charge in [-0.05, 0) is 42.7 Å². The van der Waals surface area contributed by atoms with Gasteiger partial charge in [-0.1, -0.05) is 24.3 Å². The highest BCUT2D eigenvalue weighted by atomic mass is 19.1. The Balaban J connectivity index is 1.62. The van der Waals surface area contributed by atoms with Crippen LogP contribution < -0.4 is 4.90 Å². The van der Waals surface area contributed by atoms with E-state index in [2.05, 4.69) is 0 Å². The van der Waals surface area contributed by atoms with E-state index >= 15 is 0 Å². The van der Waals surface area contributed by atoms with E-state index < -0.39 is 0 Å². The van der Waals surface area contributed by atoms with Crippen LogP contribution in [0, 0.1) is 5.82 Å². The van der Waals surface area contributed by atoms with Gasteiger partial charge in [0, 0.05) is 24.9 Å². The van der Waals surface area contributed by atoms with Crippen molar-refractivity contribution in [3.05, 3.63) is 65.5 Å². The Labute approximate surface area is 134 Å². The zero-order valence-electron chi connectivity index (χ0n) is 12.8. The van der Waals surface area contributed by atoms with Crippen molar-refractivity contribution >= 4 is 17.4 Å². The van der Waals surface area contributed by atoms with E-state index in [9.17, 15) is 14.0 Å². The molecule has 0 aliphatic carbocycles. The number of hydrogen-bond donors (Lipinski definition) is 0. The Hall–Kier alpha value is -2.49. The Kier molecular flexibility index (Phi) is 4.51. The number of carbonyl (C=O) groups is 2. The van der Waals surface area contributed by atoms with E-state index in [0.717, 1.165) is 17.7 Å².